The van der Waals surface area contributed by atoms with Crippen molar-refractivity contribution >= 4 is 28.8 Å². The van der Waals surface area contributed by atoms with E-state index in [1.165, 1.54) is 0 Å². The molecule has 0 atom stereocenters. The summed E-state index contributed by atoms with van der Waals surface area (Å²) < 4.78 is 5.27. The number of fused-ring (bicyclic) bond motifs is 1. The number of ether oxygens (including phenoxy) is 1. The van der Waals surface area contributed by atoms with Gasteiger partial charge >= 0.3 is 0 Å². The van der Waals surface area contributed by atoms with Crippen LogP contribution in [0.4, 0.5) is 17.1 Å². The lowest BCUT2D eigenvalue weighted by Crippen LogP contribution is -2.14. The van der Waals surface area contributed by atoms with Crippen LogP contribution in [0.2, 0.25) is 0 Å². The predicted molar refractivity (Wildman–Crippen MR) is 110 cm³/mol. The summed E-state index contributed by atoms with van der Waals surface area (Å²) in [6.45, 7) is 0. The zero-order chi connectivity index (χ0) is 19.5. The monoisotopic (exact) mass is 372 g/mol. The minimum Gasteiger partial charge on any atom is -0.497 e. The summed E-state index contributed by atoms with van der Waals surface area (Å²) in [4.78, 5) is 25.0. The van der Waals surface area contributed by atoms with E-state index in [1.807, 2.05) is 48.5 Å². The number of benzene rings is 3. The molecule has 0 aliphatic heterocycles. The first-order valence-electron chi connectivity index (χ1n) is 9.12. The summed E-state index contributed by atoms with van der Waals surface area (Å²) in [6.07, 6.45) is 1.09. The van der Waals surface area contributed by atoms with Crippen molar-refractivity contribution in [2.75, 3.05) is 17.7 Å². The van der Waals surface area contributed by atoms with E-state index in [0.29, 0.717) is 29.7 Å². The maximum atomic E-state index is 12.5. The molecular formula is C23H20N2O3. The minimum atomic E-state index is -0.226. The Hall–Kier alpha value is -3.60. The van der Waals surface area contributed by atoms with Crippen LogP contribution >= 0.6 is 0 Å². The quantitative estimate of drug-likeness (QED) is 0.674. The van der Waals surface area contributed by atoms with E-state index < -0.39 is 0 Å². The fraction of sp³-hybridized carbons (Fsp3) is 0.130. The lowest BCUT2D eigenvalue weighted by molar-refractivity contribution is 0.0995. The van der Waals surface area contributed by atoms with E-state index in [9.17, 15) is 9.59 Å². The van der Waals surface area contributed by atoms with Crippen molar-refractivity contribution in [3.63, 3.8) is 0 Å². The highest BCUT2D eigenvalue weighted by molar-refractivity contribution is 6.12. The first kappa shape index (κ1) is 17.8. The molecule has 0 radical (unpaired) electrons. The van der Waals surface area contributed by atoms with Crippen LogP contribution in [0.25, 0.3) is 0 Å². The van der Waals surface area contributed by atoms with Crippen molar-refractivity contribution in [3.05, 3.63) is 83.4 Å². The Kier molecular flexibility index (Phi) is 4.81. The van der Waals surface area contributed by atoms with Gasteiger partial charge in [-0.2, -0.15) is 0 Å². The van der Waals surface area contributed by atoms with E-state index in [-0.39, 0.29) is 11.7 Å². The maximum absolute atomic E-state index is 12.5. The van der Waals surface area contributed by atoms with Gasteiger partial charge in [-0.1, -0.05) is 24.3 Å². The molecule has 1 aliphatic rings. The summed E-state index contributed by atoms with van der Waals surface area (Å²) in [6, 6.07) is 20.3. The van der Waals surface area contributed by atoms with Crippen LogP contribution in [0.5, 0.6) is 5.75 Å². The molecule has 0 heterocycles. The van der Waals surface area contributed by atoms with E-state index in [1.54, 1.807) is 25.3 Å². The number of amides is 1. The number of rotatable bonds is 5. The lowest BCUT2D eigenvalue weighted by atomic mass is 10.0. The van der Waals surface area contributed by atoms with Crippen molar-refractivity contribution < 1.29 is 14.3 Å². The molecular weight excluding hydrogens is 352 g/mol. The first-order chi connectivity index (χ1) is 13.7. The lowest BCUT2D eigenvalue weighted by Gasteiger charge is -2.15. The number of nitrogens with one attached hydrogen (secondary N) is 2. The smallest absolute Gasteiger partial charge is 0.255 e. The summed E-state index contributed by atoms with van der Waals surface area (Å²) >= 11 is 0. The standard InChI is InChI=1S/C23H20N2O3/c1-28-17-9-5-8-16(14-17)24-19-11-12-20(22-18(19)10-13-21(22)26)25-23(27)15-6-3-2-4-7-15/h2-9,11-12,14,24H,10,13H2,1H3,(H,25,27). The SMILES string of the molecule is COc1cccc(Nc2ccc(NC(=O)c3ccccc3)c3c2CCC3=O)c1. The zero-order valence-corrected chi connectivity index (χ0v) is 15.5. The molecule has 0 spiro atoms. The Labute approximate surface area is 163 Å². The zero-order valence-electron chi connectivity index (χ0n) is 15.5. The van der Waals surface area contributed by atoms with Gasteiger partial charge in [0.1, 0.15) is 5.75 Å². The fourth-order valence-electron chi connectivity index (χ4n) is 3.45. The molecule has 0 saturated heterocycles. The molecule has 140 valence electrons. The Morgan fingerprint density at radius 2 is 1.71 bits per heavy atom. The van der Waals surface area contributed by atoms with Crippen molar-refractivity contribution in [3.8, 4) is 5.75 Å². The van der Waals surface area contributed by atoms with Crippen LogP contribution < -0.4 is 15.4 Å². The van der Waals surface area contributed by atoms with E-state index >= 15 is 0 Å². The second kappa shape index (κ2) is 7.56. The van der Waals surface area contributed by atoms with Gasteiger partial charge in [0.2, 0.25) is 0 Å². The number of hydrogen-bond donors (Lipinski definition) is 2. The third kappa shape index (κ3) is 3.47. The number of hydrogen-bond acceptors (Lipinski definition) is 4. The predicted octanol–water partition coefficient (Wildman–Crippen LogP) is 4.82. The van der Waals surface area contributed by atoms with Crippen LogP contribution in [0.15, 0.2) is 66.7 Å². The topological polar surface area (TPSA) is 67.4 Å². The van der Waals surface area contributed by atoms with E-state index in [2.05, 4.69) is 10.6 Å². The van der Waals surface area contributed by atoms with Crippen LogP contribution in [0, 0.1) is 0 Å². The van der Waals surface area contributed by atoms with Gasteiger partial charge in [0, 0.05) is 35.0 Å². The molecule has 28 heavy (non-hydrogen) atoms. The van der Waals surface area contributed by atoms with Crippen LogP contribution in [0.3, 0.4) is 0 Å². The van der Waals surface area contributed by atoms with Gasteiger partial charge in [-0.05, 0) is 48.4 Å². The highest BCUT2D eigenvalue weighted by Gasteiger charge is 2.26. The Morgan fingerprint density at radius 1 is 0.929 bits per heavy atom. The summed E-state index contributed by atoms with van der Waals surface area (Å²) in [5.41, 5.74) is 4.38. The van der Waals surface area contributed by atoms with Gasteiger partial charge in [-0.3, -0.25) is 9.59 Å². The van der Waals surface area contributed by atoms with Gasteiger partial charge in [-0.25, -0.2) is 0 Å². The minimum absolute atomic E-state index is 0.0488. The fourth-order valence-corrected chi connectivity index (χ4v) is 3.45. The normalized spacial score (nSPS) is 12.4. The Bertz CT molecular complexity index is 1040. The second-order valence-corrected chi connectivity index (χ2v) is 6.61. The molecule has 4 rings (SSSR count). The molecule has 1 aliphatic carbocycles. The van der Waals surface area contributed by atoms with Gasteiger partial charge in [0.05, 0.1) is 12.8 Å². The number of carbonyl (C=O) groups excluding carboxylic acids is 2. The van der Waals surface area contributed by atoms with Crippen molar-refractivity contribution in [1.29, 1.82) is 0 Å². The number of ketones is 1. The average Bonchev–Trinajstić information content (AvgIpc) is 3.13. The molecule has 1 amide bonds. The third-order valence-electron chi connectivity index (χ3n) is 4.83. The molecule has 5 heteroatoms. The molecule has 3 aromatic rings. The maximum Gasteiger partial charge on any atom is 0.255 e. The Morgan fingerprint density at radius 3 is 2.50 bits per heavy atom. The number of Topliss-reactive ketones (excluding diaryl/α,β-unsaturated/α-hetero) is 1. The molecule has 3 aromatic carbocycles. The van der Waals surface area contributed by atoms with Crippen molar-refractivity contribution in [2.45, 2.75) is 12.8 Å². The van der Waals surface area contributed by atoms with Gasteiger partial charge in [0.25, 0.3) is 5.91 Å². The summed E-state index contributed by atoms with van der Waals surface area (Å²) in [5, 5.41) is 6.26. The van der Waals surface area contributed by atoms with Crippen molar-refractivity contribution in [1.82, 2.24) is 0 Å². The molecule has 2 N–H and O–H groups in total. The molecule has 0 bridgehead atoms. The number of methoxy groups -OCH3 is 1. The molecule has 5 nitrogen and oxygen atoms in total. The van der Waals surface area contributed by atoms with Crippen LogP contribution in [-0.2, 0) is 6.42 Å². The molecule has 0 unspecified atom stereocenters. The highest BCUT2D eigenvalue weighted by atomic mass is 16.5. The third-order valence-corrected chi connectivity index (χ3v) is 4.83. The number of carbonyl (C=O) groups is 2. The highest BCUT2D eigenvalue weighted by Crippen LogP contribution is 2.36. The summed E-state index contributed by atoms with van der Waals surface area (Å²) in [7, 11) is 1.62. The van der Waals surface area contributed by atoms with Gasteiger partial charge in [0.15, 0.2) is 5.78 Å². The van der Waals surface area contributed by atoms with Crippen LogP contribution in [0.1, 0.15) is 32.7 Å². The van der Waals surface area contributed by atoms with Gasteiger partial charge < -0.3 is 15.4 Å². The van der Waals surface area contributed by atoms with Crippen molar-refractivity contribution in [2.24, 2.45) is 0 Å². The average molecular weight is 372 g/mol. The first-order valence-corrected chi connectivity index (χ1v) is 9.12. The summed E-state index contributed by atoms with van der Waals surface area (Å²) in [5.74, 6) is 0.577. The molecule has 0 saturated carbocycles. The van der Waals surface area contributed by atoms with E-state index in [4.69, 9.17) is 4.74 Å². The van der Waals surface area contributed by atoms with Crippen LogP contribution in [-0.4, -0.2) is 18.8 Å². The molecule has 0 aromatic heterocycles. The molecule has 0 fully saturated rings. The van der Waals surface area contributed by atoms with Gasteiger partial charge in [-0.15, -0.1) is 0 Å². The number of anilines is 3. The Balaban J connectivity index is 1.65. The largest absolute Gasteiger partial charge is 0.497 e. The second-order valence-electron chi connectivity index (χ2n) is 6.61. The van der Waals surface area contributed by atoms with E-state index in [0.717, 1.165) is 22.7 Å².